The van der Waals surface area contributed by atoms with Gasteiger partial charge in [0.15, 0.2) is 0 Å². The summed E-state index contributed by atoms with van der Waals surface area (Å²) in [7, 11) is 0. The van der Waals surface area contributed by atoms with Crippen molar-refractivity contribution in [2.75, 3.05) is 24.7 Å². The Labute approximate surface area is 130 Å². The van der Waals surface area contributed by atoms with Crippen LogP contribution in [0.5, 0.6) is 0 Å². The van der Waals surface area contributed by atoms with Crippen LogP contribution < -0.4 is 4.90 Å². The minimum Gasteiger partial charge on any atom is -0.393 e. The zero-order chi connectivity index (χ0) is 14.9. The highest BCUT2D eigenvalue weighted by atomic mass is 16.5. The Kier molecular flexibility index (Phi) is 3.72. The molecule has 1 N–H and O–H groups in total. The van der Waals surface area contributed by atoms with Crippen LogP contribution in [0.1, 0.15) is 19.3 Å². The Morgan fingerprint density at radius 1 is 1.14 bits per heavy atom. The summed E-state index contributed by atoms with van der Waals surface area (Å²) >= 11 is 0. The summed E-state index contributed by atoms with van der Waals surface area (Å²) < 4.78 is 5.61. The van der Waals surface area contributed by atoms with Gasteiger partial charge in [-0.05, 0) is 37.5 Å². The maximum atomic E-state index is 10.3. The third-order valence-corrected chi connectivity index (χ3v) is 5.03. The average Bonchev–Trinajstić information content (AvgIpc) is 3.04. The number of hydrogen-bond donors (Lipinski definition) is 1. The molecule has 4 nitrogen and oxygen atoms in total. The Morgan fingerprint density at radius 2 is 2.05 bits per heavy atom. The molecule has 0 saturated carbocycles. The first-order valence-electron chi connectivity index (χ1n) is 8.21. The molecule has 22 heavy (non-hydrogen) atoms. The number of pyridine rings is 1. The second-order valence-corrected chi connectivity index (χ2v) is 6.36. The van der Waals surface area contributed by atoms with Crippen molar-refractivity contribution >= 4 is 16.7 Å². The molecule has 0 aliphatic carbocycles. The summed E-state index contributed by atoms with van der Waals surface area (Å²) in [6.45, 7) is 2.35. The molecule has 0 amide bonds. The van der Waals surface area contributed by atoms with Crippen molar-refractivity contribution in [3.63, 3.8) is 0 Å². The molecule has 4 rings (SSSR count). The highest BCUT2D eigenvalue weighted by Gasteiger charge is 2.38. The van der Waals surface area contributed by atoms with Gasteiger partial charge in [-0.2, -0.15) is 0 Å². The van der Waals surface area contributed by atoms with Gasteiger partial charge in [-0.25, -0.2) is 4.98 Å². The molecule has 3 atom stereocenters. The number of benzene rings is 1. The van der Waals surface area contributed by atoms with E-state index in [0.717, 1.165) is 37.1 Å². The molecule has 1 aromatic carbocycles. The molecule has 2 saturated heterocycles. The molecule has 0 radical (unpaired) electrons. The summed E-state index contributed by atoms with van der Waals surface area (Å²) in [6.07, 6.45) is 2.77. The lowest BCUT2D eigenvalue weighted by Crippen LogP contribution is -2.46. The molecular formula is C18H22N2O2. The topological polar surface area (TPSA) is 45.6 Å². The van der Waals surface area contributed by atoms with E-state index in [1.807, 2.05) is 12.1 Å². The molecular weight excluding hydrogens is 276 g/mol. The van der Waals surface area contributed by atoms with Gasteiger partial charge in [-0.15, -0.1) is 0 Å². The maximum Gasteiger partial charge on any atom is 0.129 e. The van der Waals surface area contributed by atoms with E-state index in [9.17, 15) is 5.11 Å². The summed E-state index contributed by atoms with van der Waals surface area (Å²) in [5.41, 5.74) is 1.03. The number of rotatable bonds is 2. The zero-order valence-electron chi connectivity index (χ0n) is 12.7. The molecule has 2 aromatic rings. The number of hydrogen-bond acceptors (Lipinski definition) is 4. The Morgan fingerprint density at radius 3 is 2.95 bits per heavy atom. The van der Waals surface area contributed by atoms with E-state index in [4.69, 9.17) is 9.72 Å². The quantitative estimate of drug-likeness (QED) is 0.925. The average molecular weight is 298 g/mol. The predicted octanol–water partition coefficient (Wildman–Crippen LogP) is 2.60. The molecule has 2 fully saturated rings. The molecule has 2 aliphatic heterocycles. The lowest BCUT2D eigenvalue weighted by Gasteiger charge is -2.37. The number of aliphatic hydroxyl groups is 1. The van der Waals surface area contributed by atoms with Crippen molar-refractivity contribution < 1.29 is 9.84 Å². The van der Waals surface area contributed by atoms with E-state index < -0.39 is 0 Å². The van der Waals surface area contributed by atoms with E-state index in [0.29, 0.717) is 19.3 Å². The number of para-hydroxylation sites is 1. The van der Waals surface area contributed by atoms with Gasteiger partial charge < -0.3 is 14.7 Å². The lowest BCUT2D eigenvalue weighted by molar-refractivity contribution is -0.0438. The second kappa shape index (κ2) is 5.86. The molecule has 3 heterocycles. The largest absolute Gasteiger partial charge is 0.393 e. The SMILES string of the molecule is O[C@@H]1CCOC[C@H]1[C@@H]1CCCN1c1ccc2ccccc2n1. The van der Waals surface area contributed by atoms with Gasteiger partial charge >= 0.3 is 0 Å². The maximum absolute atomic E-state index is 10.3. The van der Waals surface area contributed by atoms with Gasteiger partial charge in [0.05, 0.1) is 18.2 Å². The van der Waals surface area contributed by atoms with E-state index in [1.165, 1.54) is 5.39 Å². The molecule has 0 bridgehead atoms. The van der Waals surface area contributed by atoms with E-state index in [-0.39, 0.29) is 12.0 Å². The van der Waals surface area contributed by atoms with Crippen molar-refractivity contribution in [1.82, 2.24) is 4.98 Å². The minimum absolute atomic E-state index is 0.199. The highest BCUT2D eigenvalue weighted by Crippen LogP contribution is 2.33. The highest BCUT2D eigenvalue weighted by molar-refractivity contribution is 5.80. The fourth-order valence-corrected chi connectivity index (χ4v) is 3.85. The first-order chi connectivity index (χ1) is 10.8. The van der Waals surface area contributed by atoms with Gasteiger partial charge in [-0.3, -0.25) is 0 Å². The molecule has 2 aliphatic rings. The third-order valence-electron chi connectivity index (χ3n) is 5.03. The Balaban J connectivity index is 1.64. The molecule has 116 valence electrons. The normalized spacial score (nSPS) is 29.1. The van der Waals surface area contributed by atoms with Gasteiger partial charge in [-0.1, -0.05) is 18.2 Å². The van der Waals surface area contributed by atoms with Crippen LogP contribution in [0, 0.1) is 5.92 Å². The minimum atomic E-state index is -0.250. The van der Waals surface area contributed by atoms with Crippen molar-refractivity contribution in [1.29, 1.82) is 0 Å². The van der Waals surface area contributed by atoms with Crippen LogP contribution in [0.3, 0.4) is 0 Å². The molecule has 0 spiro atoms. The van der Waals surface area contributed by atoms with Crippen LogP contribution in [0.2, 0.25) is 0 Å². The van der Waals surface area contributed by atoms with Crippen molar-refractivity contribution in [2.24, 2.45) is 5.92 Å². The van der Waals surface area contributed by atoms with Crippen LogP contribution in [-0.4, -0.2) is 42.0 Å². The fraction of sp³-hybridized carbons (Fsp3) is 0.500. The second-order valence-electron chi connectivity index (χ2n) is 6.36. The Hall–Kier alpha value is -1.65. The predicted molar refractivity (Wildman–Crippen MR) is 87.0 cm³/mol. The first-order valence-corrected chi connectivity index (χ1v) is 8.21. The van der Waals surface area contributed by atoms with Crippen molar-refractivity contribution in [2.45, 2.75) is 31.4 Å². The number of aromatic nitrogens is 1. The number of nitrogens with zero attached hydrogens (tertiary/aromatic N) is 2. The van der Waals surface area contributed by atoms with Crippen LogP contribution in [-0.2, 0) is 4.74 Å². The third kappa shape index (κ3) is 2.46. The lowest BCUT2D eigenvalue weighted by atomic mass is 9.89. The Bertz CT molecular complexity index is 660. The van der Waals surface area contributed by atoms with E-state index in [2.05, 4.69) is 29.2 Å². The van der Waals surface area contributed by atoms with Crippen molar-refractivity contribution in [3.05, 3.63) is 36.4 Å². The first kappa shape index (κ1) is 14.0. The summed E-state index contributed by atoms with van der Waals surface area (Å²) in [4.78, 5) is 7.20. The van der Waals surface area contributed by atoms with E-state index >= 15 is 0 Å². The summed E-state index contributed by atoms with van der Waals surface area (Å²) in [5, 5.41) is 11.5. The molecule has 0 unspecified atom stereocenters. The van der Waals surface area contributed by atoms with Gasteiger partial charge in [0.1, 0.15) is 5.82 Å². The molecule has 1 aromatic heterocycles. The van der Waals surface area contributed by atoms with Crippen molar-refractivity contribution in [3.8, 4) is 0 Å². The summed E-state index contributed by atoms with van der Waals surface area (Å²) in [6, 6.07) is 12.8. The number of anilines is 1. The van der Waals surface area contributed by atoms with Gasteiger partial charge in [0, 0.05) is 30.5 Å². The number of aliphatic hydroxyl groups excluding tert-OH is 1. The molecule has 4 heteroatoms. The fourth-order valence-electron chi connectivity index (χ4n) is 3.85. The van der Waals surface area contributed by atoms with Crippen LogP contribution >= 0.6 is 0 Å². The van der Waals surface area contributed by atoms with Crippen LogP contribution in [0.4, 0.5) is 5.82 Å². The van der Waals surface area contributed by atoms with Gasteiger partial charge in [0.2, 0.25) is 0 Å². The van der Waals surface area contributed by atoms with Crippen LogP contribution in [0.25, 0.3) is 10.9 Å². The zero-order valence-corrected chi connectivity index (χ0v) is 12.7. The standard InChI is InChI=1S/C18H22N2O2/c21-17-9-11-22-12-14(17)16-6-3-10-20(16)18-8-7-13-4-1-2-5-15(13)19-18/h1-2,4-5,7-8,14,16-17,21H,3,6,9-12H2/t14-,16-,17+/m0/s1. The smallest absolute Gasteiger partial charge is 0.129 e. The number of ether oxygens (including phenoxy) is 1. The van der Waals surface area contributed by atoms with Gasteiger partial charge in [0.25, 0.3) is 0 Å². The van der Waals surface area contributed by atoms with Crippen LogP contribution in [0.15, 0.2) is 36.4 Å². The van der Waals surface area contributed by atoms with E-state index in [1.54, 1.807) is 0 Å². The summed E-state index contributed by atoms with van der Waals surface area (Å²) in [5.74, 6) is 1.23. The number of fused-ring (bicyclic) bond motifs is 1. The monoisotopic (exact) mass is 298 g/mol.